The maximum atomic E-state index is 11.0. The molecule has 1 aromatic heterocycles. The first-order chi connectivity index (χ1) is 7.70. The Hall–Kier alpha value is -1.12. The van der Waals surface area contributed by atoms with E-state index in [1.165, 1.54) is 25.7 Å². The summed E-state index contributed by atoms with van der Waals surface area (Å²) in [6.45, 7) is 5.22. The number of hydrogen-bond donors (Lipinski definition) is 0. The third-order valence-corrected chi connectivity index (χ3v) is 3.24. The zero-order valence-corrected chi connectivity index (χ0v) is 10.1. The van der Waals surface area contributed by atoms with E-state index in [2.05, 4.69) is 18.9 Å². The van der Waals surface area contributed by atoms with Crippen molar-refractivity contribution in [2.24, 2.45) is 5.92 Å². The molecule has 0 radical (unpaired) electrons. The van der Waals surface area contributed by atoms with Crippen molar-refractivity contribution < 1.29 is 4.79 Å². The van der Waals surface area contributed by atoms with Crippen molar-refractivity contribution in [2.45, 2.75) is 52.0 Å². The Morgan fingerprint density at radius 1 is 1.50 bits per heavy atom. The molecule has 3 heteroatoms. The molecule has 1 saturated carbocycles. The van der Waals surface area contributed by atoms with E-state index in [1.807, 2.05) is 10.9 Å². The smallest absolute Gasteiger partial charge is 0.153 e. The second-order valence-electron chi connectivity index (χ2n) is 5.18. The molecule has 16 heavy (non-hydrogen) atoms. The third-order valence-electron chi connectivity index (χ3n) is 3.24. The molecular weight excluding hydrogens is 200 g/mol. The molecule has 0 aromatic carbocycles. The van der Waals surface area contributed by atoms with Crippen molar-refractivity contribution in [3.63, 3.8) is 0 Å². The molecule has 1 fully saturated rings. The summed E-state index contributed by atoms with van der Waals surface area (Å²) in [7, 11) is 0. The van der Waals surface area contributed by atoms with Gasteiger partial charge < -0.3 is 0 Å². The first kappa shape index (κ1) is 11.4. The molecule has 0 spiro atoms. The highest BCUT2D eigenvalue weighted by molar-refractivity contribution is 5.76. The molecule has 3 nitrogen and oxygen atoms in total. The van der Waals surface area contributed by atoms with Gasteiger partial charge in [-0.25, -0.2) is 0 Å². The van der Waals surface area contributed by atoms with Gasteiger partial charge in [0, 0.05) is 18.7 Å². The zero-order valence-electron chi connectivity index (χ0n) is 10.1. The number of aromatic nitrogens is 2. The highest BCUT2D eigenvalue weighted by Gasteiger charge is 2.23. The van der Waals surface area contributed by atoms with Crippen LogP contribution >= 0.6 is 0 Å². The molecule has 1 aliphatic rings. The van der Waals surface area contributed by atoms with Gasteiger partial charge >= 0.3 is 0 Å². The van der Waals surface area contributed by atoms with E-state index in [9.17, 15) is 4.79 Å². The predicted octanol–water partition coefficient (Wildman–Crippen LogP) is 3.01. The normalized spacial score (nSPS) is 17.2. The Labute approximate surface area is 96.8 Å². The molecule has 88 valence electrons. The van der Waals surface area contributed by atoms with Crippen LogP contribution in [0.3, 0.4) is 0 Å². The molecule has 2 rings (SSSR count). The number of nitrogens with zero attached hydrogens (tertiary/aromatic N) is 2. The van der Waals surface area contributed by atoms with Crippen LogP contribution in [0.4, 0.5) is 0 Å². The second kappa shape index (κ2) is 4.81. The minimum absolute atomic E-state index is 0.522. The lowest BCUT2D eigenvalue weighted by atomic mass is 10.0. The number of hydrogen-bond acceptors (Lipinski definition) is 2. The summed E-state index contributed by atoms with van der Waals surface area (Å²) in [6, 6.07) is 0. The number of rotatable bonds is 4. The summed E-state index contributed by atoms with van der Waals surface area (Å²) in [5.41, 5.74) is 1.83. The van der Waals surface area contributed by atoms with Gasteiger partial charge in [-0.15, -0.1) is 0 Å². The van der Waals surface area contributed by atoms with Gasteiger partial charge in [0.1, 0.15) is 0 Å². The first-order valence-corrected chi connectivity index (χ1v) is 6.23. The Bertz CT molecular complexity index is 362. The van der Waals surface area contributed by atoms with Gasteiger partial charge in [0.05, 0.1) is 11.3 Å². The maximum absolute atomic E-state index is 11.0. The van der Waals surface area contributed by atoms with Gasteiger partial charge in [0.15, 0.2) is 6.29 Å². The SMILES string of the molecule is CC(C)Cn1cc(C=O)c(C2CCCC2)n1. The van der Waals surface area contributed by atoms with Gasteiger partial charge in [0.2, 0.25) is 0 Å². The lowest BCUT2D eigenvalue weighted by Crippen LogP contribution is -2.06. The lowest BCUT2D eigenvalue weighted by molar-refractivity contribution is 0.112. The van der Waals surface area contributed by atoms with E-state index >= 15 is 0 Å². The van der Waals surface area contributed by atoms with Crippen molar-refractivity contribution in [1.29, 1.82) is 0 Å². The molecule has 0 N–H and O–H groups in total. The van der Waals surface area contributed by atoms with Gasteiger partial charge in [-0.2, -0.15) is 5.10 Å². The monoisotopic (exact) mass is 220 g/mol. The highest BCUT2D eigenvalue weighted by atomic mass is 16.1. The molecule has 0 unspecified atom stereocenters. The van der Waals surface area contributed by atoms with Gasteiger partial charge in [-0.3, -0.25) is 9.48 Å². The van der Waals surface area contributed by atoms with Crippen LogP contribution in [0.1, 0.15) is 61.5 Å². The molecule has 0 saturated heterocycles. The standard InChI is InChI=1S/C13H20N2O/c1-10(2)7-15-8-12(9-16)13(14-15)11-5-3-4-6-11/h8-11H,3-7H2,1-2H3. The van der Waals surface area contributed by atoms with Crippen molar-refractivity contribution in [1.82, 2.24) is 9.78 Å². The van der Waals surface area contributed by atoms with E-state index < -0.39 is 0 Å². The number of carbonyl (C=O) groups excluding carboxylic acids is 1. The van der Waals surface area contributed by atoms with Crippen molar-refractivity contribution in [3.8, 4) is 0 Å². The average Bonchev–Trinajstić information content (AvgIpc) is 2.83. The average molecular weight is 220 g/mol. The molecule has 0 atom stereocenters. The summed E-state index contributed by atoms with van der Waals surface area (Å²) in [4.78, 5) is 11.0. The van der Waals surface area contributed by atoms with E-state index in [0.29, 0.717) is 11.8 Å². The van der Waals surface area contributed by atoms with Crippen LogP contribution in [0.5, 0.6) is 0 Å². The van der Waals surface area contributed by atoms with Crippen LogP contribution in [0.15, 0.2) is 6.20 Å². The minimum Gasteiger partial charge on any atom is -0.298 e. The van der Waals surface area contributed by atoms with Gasteiger partial charge in [-0.1, -0.05) is 26.7 Å². The molecule has 0 aliphatic heterocycles. The van der Waals surface area contributed by atoms with E-state index in [4.69, 9.17) is 0 Å². The van der Waals surface area contributed by atoms with Crippen molar-refractivity contribution >= 4 is 6.29 Å². The Morgan fingerprint density at radius 3 is 2.75 bits per heavy atom. The van der Waals surface area contributed by atoms with E-state index in [1.54, 1.807) is 0 Å². The summed E-state index contributed by atoms with van der Waals surface area (Å²) < 4.78 is 1.93. The molecule has 1 aromatic rings. The molecular formula is C13H20N2O. The highest BCUT2D eigenvalue weighted by Crippen LogP contribution is 2.34. The van der Waals surface area contributed by atoms with Crippen LogP contribution in [-0.4, -0.2) is 16.1 Å². The lowest BCUT2D eigenvalue weighted by Gasteiger charge is -2.06. The number of aldehydes is 1. The van der Waals surface area contributed by atoms with Gasteiger partial charge in [0.25, 0.3) is 0 Å². The molecule has 1 heterocycles. The topological polar surface area (TPSA) is 34.9 Å². The Balaban J connectivity index is 2.21. The predicted molar refractivity (Wildman–Crippen MR) is 63.7 cm³/mol. The van der Waals surface area contributed by atoms with E-state index in [0.717, 1.165) is 24.1 Å². The third kappa shape index (κ3) is 2.34. The quantitative estimate of drug-likeness (QED) is 0.731. The largest absolute Gasteiger partial charge is 0.298 e. The van der Waals surface area contributed by atoms with Crippen LogP contribution < -0.4 is 0 Å². The van der Waals surface area contributed by atoms with Crippen molar-refractivity contribution in [2.75, 3.05) is 0 Å². The van der Waals surface area contributed by atoms with Crippen LogP contribution in [0, 0.1) is 5.92 Å². The van der Waals surface area contributed by atoms with Crippen LogP contribution in [-0.2, 0) is 6.54 Å². The summed E-state index contributed by atoms with van der Waals surface area (Å²) in [6.07, 6.45) is 7.80. The summed E-state index contributed by atoms with van der Waals surface area (Å²) >= 11 is 0. The summed E-state index contributed by atoms with van der Waals surface area (Å²) in [5, 5.41) is 4.59. The fourth-order valence-corrected chi connectivity index (χ4v) is 2.53. The molecule has 0 bridgehead atoms. The van der Waals surface area contributed by atoms with E-state index in [-0.39, 0.29) is 0 Å². The fourth-order valence-electron chi connectivity index (χ4n) is 2.53. The Kier molecular flexibility index (Phi) is 3.42. The second-order valence-corrected chi connectivity index (χ2v) is 5.18. The molecule has 0 amide bonds. The van der Waals surface area contributed by atoms with Crippen molar-refractivity contribution in [3.05, 3.63) is 17.5 Å². The van der Waals surface area contributed by atoms with Crippen LogP contribution in [0.2, 0.25) is 0 Å². The van der Waals surface area contributed by atoms with Crippen LogP contribution in [0.25, 0.3) is 0 Å². The van der Waals surface area contributed by atoms with Gasteiger partial charge in [-0.05, 0) is 18.8 Å². The zero-order chi connectivity index (χ0) is 11.5. The summed E-state index contributed by atoms with van der Waals surface area (Å²) in [5.74, 6) is 1.09. The Morgan fingerprint density at radius 2 is 2.19 bits per heavy atom. The molecule has 1 aliphatic carbocycles. The first-order valence-electron chi connectivity index (χ1n) is 6.23. The maximum Gasteiger partial charge on any atom is 0.153 e. The minimum atomic E-state index is 0.522. The fraction of sp³-hybridized carbons (Fsp3) is 0.692. The number of carbonyl (C=O) groups is 1.